The minimum Gasteiger partial charge on any atom is -0.376 e. The number of hydrogen-bond donors (Lipinski definition) is 1. The molecule has 2 N–H and O–H groups in total. The van der Waals surface area contributed by atoms with Crippen LogP contribution in [-0.4, -0.2) is 43.3 Å². The van der Waals surface area contributed by atoms with Gasteiger partial charge in [0.2, 0.25) is 0 Å². The first-order chi connectivity index (χ1) is 7.81. The molecule has 1 atom stereocenters. The average Bonchev–Trinajstić information content (AvgIpc) is 2.35. The Morgan fingerprint density at radius 1 is 1.25 bits per heavy atom. The largest absolute Gasteiger partial charge is 0.376 e. The van der Waals surface area contributed by atoms with Crippen LogP contribution in [0, 0.1) is 0 Å². The molecule has 1 fully saturated rings. The highest BCUT2D eigenvalue weighted by molar-refractivity contribution is 4.77. The smallest absolute Gasteiger partial charge is 0.0823 e. The highest BCUT2D eigenvalue weighted by Gasteiger charge is 2.22. The number of ether oxygens (including phenoxy) is 1. The summed E-state index contributed by atoms with van der Waals surface area (Å²) in [6, 6.07) is 0.772. The minimum absolute atomic E-state index is 0.215. The number of nitrogens with two attached hydrogens (primary N) is 1. The number of hydrogen-bond acceptors (Lipinski definition) is 3. The molecule has 0 saturated heterocycles. The van der Waals surface area contributed by atoms with Crippen molar-refractivity contribution >= 4 is 0 Å². The Morgan fingerprint density at radius 3 is 2.44 bits per heavy atom. The number of nitrogens with zero attached hydrogens (tertiary/aromatic N) is 1. The van der Waals surface area contributed by atoms with Crippen LogP contribution in [0.3, 0.4) is 0 Å². The summed E-state index contributed by atoms with van der Waals surface area (Å²) >= 11 is 0. The molecule has 96 valence electrons. The molecule has 1 aliphatic rings. The molecule has 0 spiro atoms. The van der Waals surface area contributed by atoms with Crippen LogP contribution in [0.2, 0.25) is 0 Å². The van der Waals surface area contributed by atoms with Gasteiger partial charge in [-0.25, -0.2) is 0 Å². The zero-order chi connectivity index (χ0) is 11.8. The quantitative estimate of drug-likeness (QED) is 0.724. The van der Waals surface area contributed by atoms with Gasteiger partial charge >= 0.3 is 0 Å². The summed E-state index contributed by atoms with van der Waals surface area (Å²) in [7, 11) is 0. The maximum absolute atomic E-state index is 5.74. The Kier molecular flexibility index (Phi) is 7.01. The lowest BCUT2D eigenvalue weighted by Crippen LogP contribution is -2.44. The van der Waals surface area contributed by atoms with Crippen molar-refractivity contribution in [2.24, 2.45) is 5.73 Å². The minimum atomic E-state index is 0.215. The maximum atomic E-state index is 5.74. The molecule has 0 amide bonds. The maximum Gasteiger partial charge on any atom is 0.0823 e. The number of likely N-dealkylation sites (N-methyl/N-ethyl adjacent to an activating group) is 1. The molecule has 0 aromatic rings. The number of rotatable bonds is 7. The van der Waals surface area contributed by atoms with Gasteiger partial charge in [-0.15, -0.1) is 0 Å². The van der Waals surface area contributed by atoms with Gasteiger partial charge in [0.25, 0.3) is 0 Å². The van der Waals surface area contributed by atoms with Gasteiger partial charge in [-0.1, -0.05) is 26.2 Å². The van der Waals surface area contributed by atoms with Crippen molar-refractivity contribution in [3.8, 4) is 0 Å². The Bertz CT molecular complexity index is 169. The molecule has 0 aromatic carbocycles. The Morgan fingerprint density at radius 2 is 1.94 bits per heavy atom. The molecular formula is C13H28N2O. The predicted octanol–water partition coefficient (Wildman–Crippen LogP) is 2.00. The van der Waals surface area contributed by atoms with Gasteiger partial charge in [-0.2, -0.15) is 0 Å². The fraction of sp³-hybridized carbons (Fsp3) is 1.00. The monoisotopic (exact) mass is 228 g/mol. The van der Waals surface area contributed by atoms with Gasteiger partial charge in [-0.3, -0.25) is 4.90 Å². The van der Waals surface area contributed by atoms with Gasteiger partial charge in [0.05, 0.1) is 6.10 Å². The molecule has 0 aliphatic heterocycles. The summed E-state index contributed by atoms with van der Waals surface area (Å²) in [5, 5.41) is 0. The van der Waals surface area contributed by atoms with Gasteiger partial charge in [0, 0.05) is 25.7 Å². The van der Waals surface area contributed by atoms with E-state index in [9.17, 15) is 0 Å². The van der Waals surface area contributed by atoms with E-state index in [1.165, 1.54) is 32.1 Å². The summed E-state index contributed by atoms with van der Waals surface area (Å²) in [5.41, 5.74) is 5.74. The van der Waals surface area contributed by atoms with Crippen molar-refractivity contribution in [3.63, 3.8) is 0 Å². The Labute approximate surface area is 100 Å². The van der Waals surface area contributed by atoms with Crippen molar-refractivity contribution in [1.29, 1.82) is 0 Å². The van der Waals surface area contributed by atoms with Crippen LogP contribution < -0.4 is 5.73 Å². The van der Waals surface area contributed by atoms with Crippen molar-refractivity contribution in [2.45, 2.75) is 58.1 Å². The van der Waals surface area contributed by atoms with E-state index in [-0.39, 0.29) is 6.10 Å². The molecule has 16 heavy (non-hydrogen) atoms. The molecular weight excluding hydrogens is 200 g/mol. The van der Waals surface area contributed by atoms with E-state index in [1.54, 1.807) is 0 Å². The van der Waals surface area contributed by atoms with Crippen LogP contribution in [0.4, 0.5) is 0 Å². The Balaban J connectivity index is 2.39. The van der Waals surface area contributed by atoms with Gasteiger partial charge in [-0.05, 0) is 26.3 Å². The highest BCUT2D eigenvalue weighted by atomic mass is 16.5. The summed E-state index contributed by atoms with van der Waals surface area (Å²) < 4.78 is 5.65. The van der Waals surface area contributed by atoms with Gasteiger partial charge < -0.3 is 10.5 Å². The predicted molar refractivity (Wildman–Crippen MR) is 68.6 cm³/mol. The van der Waals surface area contributed by atoms with E-state index in [2.05, 4.69) is 11.8 Å². The van der Waals surface area contributed by atoms with E-state index < -0.39 is 0 Å². The summed E-state index contributed by atoms with van der Waals surface area (Å²) in [6.07, 6.45) is 7.13. The standard InChI is InChI=1S/C13H28N2O/c1-3-15(11-13(10-14)16-4-2)12-8-6-5-7-9-12/h12-13H,3-11,14H2,1-2H3. The Hall–Kier alpha value is -0.120. The molecule has 0 heterocycles. The van der Waals surface area contributed by atoms with E-state index in [1.807, 2.05) is 6.92 Å². The normalized spacial score (nSPS) is 20.2. The SMILES string of the molecule is CCOC(CN)CN(CC)C1CCCCC1. The van der Waals surface area contributed by atoms with Crippen molar-refractivity contribution in [1.82, 2.24) is 4.90 Å². The van der Waals surface area contributed by atoms with Crippen molar-refractivity contribution < 1.29 is 4.74 Å². The van der Waals surface area contributed by atoms with Crippen LogP contribution in [0.5, 0.6) is 0 Å². The third-order valence-corrected chi connectivity index (χ3v) is 3.60. The van der Waals surface area contributed by atoms with E-state index >= 15 is 0 Å². The molecule has 0 aromatic heterocycles. The first-order valence-corrected chi connectivity index (χ1v) is 6.87. The second-order valence-corrected chi connectivity index (χ2v) is 4.69. The first kappa shape index (κ1) is 13.9. The lowest BCUT2D eigenvalue weighted by Gasteiger charge is -2.35. The second kappa shape index (κ2) is 8.04. The molecule has 3 nitrogen and oxygen atoms in total. The molecule has 1 unspecified atom stereocenters. The first-order valence-electron chi connectivity index (χ1n) is 6.87. The third-order valence-electron chi connectivity index (χ3n) is 3.60. The molecule has 1 aliphatic carbocycles. The van der Waals surface area contributed by atoms with E-state index in [0.717, 1.165) is 25.7 Å². The van der Waals surface area contributed by atoms with Gasteiger partial charge in [0.1, 0.15) is 0 Å². The lowest BCUT2D eigenvalue weighted by molar-refractivity contribution is 0.0234. The molecule has 1 saturated carbocycles. The average molecular weight is 228 g/mol. The van der Waals surface area contributed by atoms with Crippen LogP contribution in [-0.2, 0) is 4.74 Å². The summed E-state index contributed by atoms with van der Waals surface area (Å²) in [6.45, 7) is 7.81. The van der Waals surface area contributed by atoms with E-state index in [0.29, 0.717) is 6.54 Å². The van der Waals surface area contributed by atoms with Crippen LogP contribution in [0.1, 0.15) is 46.0 Å². The summed E-state index contributed by atoms with van der Waals surface area (Å²) in [5.74, 6) is 0. The highest BCUT2D eigenvalue weighted by Crippen LogP contribution is 2.22. The van der Waals surface area contributed by atoms with Crippen molar-refractivity contribution in [2.75, 3.05) is 26.2 Å². The van der Waals surface area contributed by atoms with Crippen LogP contribution in [0.25, 0.3) is 0 Å². The third kappa shape index (κ3) is 4.40. The zero-order valence-electron chi connectivity index (χ0n) is 11.0. The fourth-order valence-electron chi connectivity index (χ4n) is 2.68. The van der Waals surface area contributed by atoms with E-state index in [4.69, 9.17) is 10.5 Å². The van der Waals surface area contributed by atoms with Crippen LogP contribution >= 0.6 is 0 Å². The van der Waals surface area contributed by atoms with Gasteiger partial charge in [0.15, 0.2) is 0 Å². The summed E-state index contributed by atoms with van der Waals surface area (Å²) in [4.78, 5) is 2.56. The van der Waals surface area contributed by atoms with Crippen LogP contribution in [0.15, 0.2) is 0 Å². The molecule has 3 heteroatoms. The molecule has 1 rings (SSSR count). The molecule has 0 bridgehead atoms. The van der Waals surface area contributed by atoms with Crippen molar-refractivity contribution in [3.05, 3.63) is 0 Å². The topological polar surface area (TPSA) is 38.5 Å². The fourth-order valence-corrected chi connectivity index (χ4v) is 2.68. The zero-order valence-corrected chi connectivity index (χ0v) is 11.0. The molecule has 0 radical (unpaired) electrons. The second-order valence-electron chi connectivity index (χ2n) is 4.69. The lowest BCUT2D eigenvalue weighted by atomic mass is 9.94.